The number of hydrogen-bond donors (Lipinski definition) is 1. The maximum absolute atomic E-state index is 4.19. The van der Waals surface area contributed by atoms with Gasteiger partial charge in [-0.25, -0.2) is 0 Å². The van der Waals surface area contributed by atoms with E-state index in [1.165, 1.54) is 58.4 Å². The van der Waals surface area contributed by atoms with Gasteiger partial charge in [-0.05, 0) is 80.1 Å². The number of thiophene rings is 1. The highest BCUT2D eigenvalue weighted by Crippen LogP contribution is 2.42. The highest BCUT2D eigenvalue weighted by molar-refractivity contribution is 7.26. The summed E-state index contributed by atoms with van der Waals surface area (Å²) in [5, 5.41) is 11.1. The van der Waals surface area contributed by atoms with Crippen LogP contribution in [0.5, 0.6) is 0 Å². The predicted molar refractivity (Wildman–Crippen MR) is 219 cm³/mol. The first-order chi connectivity index (χ1) is 23.6. The molecule has 0 spiro atoms. The smallest absolute Gasteiger partial charge is 0.0640 e. The summed E-state index contributed by atoms with van der Waals surface area (Å²) >= 11 is 1.87. The van der Waals surface area contributed by atoms with Crippen molar-refractivity contribution in [1.82, 2.24) is 4.57 Å². The van der Waals surface area contributed by atoms with Crippen molar-refractivity contribution in [3.8, 4) is 5.69 Å². The lowest BCUT2D eigenvalue weighted by Gasteiger charge is -2.14. The van der Waals surface area contributed by atoms with Gasteiger partial charge in [0.2, 0.25) is 0 Å². The molecule has 0 unspecified atom stereocenters. The molecule has 0 aliphatic heterocycles. The summed E-state index contributed by atoms with van der Waals surface area (Å²) in [6, 6.07) is 43.5. The molecule has 3 heteroatoms. The molecule has 2 aromatic heterocycles. The summed E-state index contributed by atoms with van der Waals surface area (Å²) in [6.45, 7) is 17.4. The standard InChI is InChI=1S/C36H24N2S.C4H8.C3H6.C2H6/c1-2-25-29-22-30-26-13-6-8-16-32(26)38(33-17-10-15-28-27-14-7-9-18-35(27)39-36(28)33)34(30)21-23(29)19-20-31(25)37-24-11-4-3-5-12-24;1-3-4-2;1-3-2;1-2/h2-22,37H,1H2;3-4H,1-2H3;3H,1H2,2H3;1-2H3/b;4-3-;;. The van der Waals surface area contributed by atoms with Crippen LogP contribution in [0, 0.1) is 0 Å². The predicted octanol–water partition coefficient (Wildman–Crippen LogP) is 14.5. The lowest BCUT2D eigenvalue weighted by molar-refractivity contribution is 1.20. The topological polar surface area (TPSA) is 17.0 Å². The maximum Gasteiger partial charge on any atom is 0.0640 e. The lowest BCUT2D eigenvalue weighted by atomic mass is 9.99. The SMILES string of the molecule is C/C=C\C.C=CC.C=Cc1c(Nc2ccccc2)ccc2cc3c(cc12)c1ccccc1n3-c1cccc2c1sc1ccccc12.CC. The second kappa shape index (κ2) is 15.9. The minimum Gasteiger partial charge on any atom is -0.355 e. The van der Waals surface area contributed by atoms with Crippen molar-refractivity contribution < 1.29 is 0 Å². The molecule has 240 valence electrons. The number of rotatable bonds is 4. The van der Waals surface area contributed by atoms with Crippen LogP contribution in [-0.4, -0.2) is 4.57 Å². The monoisotopic (exact) mass is 644 g/mol. The van der Waals surface area contributed by atoms with Gasteiger partial charge in [0.25, 0.3) is 0 Å². The Morgan fingerprint density at radius 2 is 1.25 bits per heavy atom. The molecule has 0 aliphatic rings. The van der Waals surface area contributed by atoms with E-state index >= 15 is 0 Å². The Kier molecular flexibility index (Phi) is 11.3. The van der Waals surface area contributed by atoms with Gasteiger partial charge in [0.1, 0.15) is 0 Å². The average Bonchev–Trinajstić information content (AvgIpc) is 3.68. The van der Waals surface area contributed by atoms with E-state index in [0.717, 1.165) is 16.9 Å². The zero-order valence-corrected chi connectivity index (χ0v) is 29.4. The number of allylic oxidation sites excluding steroid dienone is 3. The molecule has 0 radical (unpaired) electrons. The fourth-order valence-corrected chi connectivity index (χ4v) is 7.19. The number of anilines is 2. The van der Waals surface area contributed by atoms with E-state index in [2.05, 4.69) is 126 Å². The van der Waals surface area contributed by atoms with Crippen molar-refractivity contribution in [3.63, 3.8) is 0 Å². The molecular weight excluding hydrogens is 601 g/mol. The van der Waals surface area contributed by atoms with Crippen molar-refractivity contribution in [2.24, 2.45) is 0 Å². The number of para-hydroxylation sites is 2. The molecule has 0 bridgehead atoms. The molecule has 0 saturated heterocycles. The summed E-state index contributed by atoms with van der Waals surface area (Å²) in [5.41, 5.74) is 6.89. The molecule has 0 aliphatic carbocycles. The third-order valence-corrected chi connectivity index (χ3v) is 9.28. The van der Waals surface area contributed by atoms with E-state index < -0.39 is 0 Å². The van der Waals surface area contributed by atoms with Crippen molar-refractivity contribution in [3.05, 3.63) is 158 Å². The Morgan fingerprint density at radius 1 is 0.604 bits per heavy atom. The lowest BCUT2D eigenvalue weighted by Crippen LogP contribution is -1.95. The number of nitrogens with one attached hydrogen (secondary N) is 1. The van der Waals surface area contributed by atoms with Gasteiger partial charge < -0.3 is 9.88 Å². The van der Waals surface area contributed by atoms with Crippen molar-refractivity contribution in [1.29, 1.82) is 0 Å². The van der Waals surface area contributed by atoms with E-state index in [1.54, 1.807) is 6.08 Å². The molecular formula is C45H44N2S. The second-order valence-corrected chi connectivity index (χ2v) is 12.0. The third-order valence-electron chi connectivity index (χ3n) is 8.07. The Hall–Kier alpha value is -5.38. The Labute approximate surface area is 289 Å². The van der Waals surface area contributed by atoms with Crippen LogP contribution in [0.2, 0.25) is 0 Å². The summed E-state index contributed by atoms with van der Waals surface area (Å²) in [4.78, 5) is 0. The zero-order chi connectivity index (χ0) is 34.0. The quantitative estimate of drug-likeness (QED) is 0.189. The first-order valence-corrected chi connectivity index (χ1v) is 17.4. The Morgan fingerprint density at radius 3 is 1.96 bits per heavy atom. The van der Waals surface area contributed by atoms with Crippen LogP contribution < -0.4 is 5.32 Å². The van der Waals surface area contributed by atoms with Gasteiger partial charge in [0.05, 0.1) is 21.4 Å². The minimum atomic E-state index is 1.06. The number of fused-ring (bicyclic) bond motifs is 7. The van der Waals surface area contributed by atoms with Crippen LogP contribution in [0.15, 0.2) is 153 Å². The van der Waals surface area contributed by atoms with Crippen LogP contribution >= 0.6 is 11.3 Å². The van der Waals surface area contributed by atoms with Crippen LogP contribution in [0.25, 0.3) is 64.5 Å². The summed E-state index contributed by atoms with van der Waals surface area (Å²) < 4.78 is 5.09. The fraction of sp³-hybridized carbons (Fsp3) is 0.111. The molecule has 8 rings (SSSR count). The molecule has 0 saturated carbocycles. The van der Waals surface area contributed by atoms with E-state index in [-0.39, 0.29) is 0 Å². The Bertz CT molecular complexity index is 2350. The fourth-order valence-electron chi connectivity index (χ4n) is 5.98. The van der Waals surface area contributed by atoms with Gasteiger partial charge in [-0.1, -0.05) is 118 Å². The van der Waals surface area contributed by atoms with Gasteiger partial charge in [0, 0.05) is 43.2 Å². The molecule has 6 aromatic carbocycles. The van der Waals surface area contributed by atoms with E-state index in [0.29, 0.717) is 0 Å². The molecule has 2 nitrogen and oxygen atoms in total. The van der Waals surface area contributed by atoms with E-state index in [9.17, 15) is 0 Å². The van der Waals surface area contributed by atoms with Gasteiger partial charge in [0.15, 0.2) is 0 Å². The maximum atomic E-state index is 4.19. The van der Waals surface area contributed by atoms with Gasteiger partial charge in [-0.15, -0.1) is 17.9 Å². The summed E-state index contributed by atoms with van der Waals surface area (Å²) in [7, 11) is 0. The van der Waals surface area contributed by atoms with Crippen molar-refractivity contribution >= 4 is 81.5 Å². The van der Waals surface area contributed by atoms with Crippen molar-refractivity contribution in [2.75, 3.05) is 5.32 Å². The first-order valence-electron chi connectivity index (χ1n) is 16.6. The molecule has 0 fully saturated rings. The molecule has 2 heterocycles. The number of nitrogens with zero attached hydrogens (tertiary/aromatic N) is 1. The van der Waals surface area contributed by atoms with Crippen molar-refractivity contribution in [2.45, 2.75) is 34.6 Å². The zero-order valence-electron chi connectivity index (χ0n) is 28.6. The molecule has 48 heavy (non-hydrogen) atoms. The third kappa shape index (κ3) is 6.56. The van der Waals surface area contributed by atoms with Gasteiger partial charge in [-0.3, -0.25) is 0 Å². The minimum absolute atomic E-state index is 1.06. The van der Waals surface area contributed by atoms with Crippen LogP contribution in [0.1, 0.15) is 40.2 Å². The molecule has 0 atom stereocenters. The average molecular weight is 645 g/mol. The molecule has 1 N–H and O–H groups in total. The van der Waals surface area contributed by atoms with Crippen LogP contribution in [0.3, 0.4) is 0 Å². The number of aromatic nitrogens is 1. The second-order valence-electron chi connectivity index (χ2n) is 11.0. The van der Waals surface area contributed by atoms with E-state index in [4.69, 9.17) is 0 Å². The van der Waals surface area contributed by atoms with Crippen LogP contribution in [0.4, 0.5) is 11.4 Å². The highest BCUT2D eigenvalue weighted by atomic mass is 32.1. The summed E-state index contributed by atoms with van der Waals surface area (Å²) in [5.74, 6) is 0. The van der Waals surface area contributed by atoms with Crippen LogP contribution in [-0.2, 0) is 0 Å². The highest BCUT2D eigenvalue weighted by Gasteiger charge is 2.18. The van der Waals surface area contributed by atoms with E-state index in [1.807, 2.05) is 82.4 Å². The number of benzene rings is 6. The largest absolute Gasteiger partial charge is 0.355 e. The Balaban J connectivity index is 0.000000455. The normalized spacial score (nSPS) is 10.7. The van der Waals surface area contributed by atoms with Gasteiger partial charge >= 0.3 is 0 Å². The molecule has 8 aromatic rings. The summed E-state index contributed by atoms with van der Waals surface area (Å²) in [6.07, 6.45) is 7.72. The molecule has 0 amide bonds. The number of hydrogen-bond acceptors (Lipinski definition) is 2. The van der Waals surface area contributed by atoms with Gasteiger partial charge in [-0.2, -0.15) is 0 Å². The first kappa shape index (κ1) is 34.0.